The number of piperidine rings is 1. The lowest BCUT2D eigenvalue weighted by Crippen LogP contribution is -2.30. The van der Waals surface area contributed by atoms with Crippen molar-refractivity contribution in [3.8, 4) is 17.0 Å². The van der Waals surface area contributed by atoms with Gasteiger partial charge < -0.3 is 10.0 Å². The van der Waals surface area contributed by atoms with Crippen LogP contribution in [0.5, 0.6) is 5.75 Å². The van der Waals surface area contributed by atoms with Crippen LogP contribution in [-0.4, -0.2) is 40.3 Å². The van der Waals surface area contributed by atoms with Gasteiger partial charge in [-0.15, -0.1) is 10.2 Å². The molecule has 0 aliphatic carbocycles. The third kappa shape index (κ3) is 3.03. The van der Waals surface area contributed by atoms with Crippen molar-refractivity contribution >= 4 is 10.9 Å². The number of aryl methyl sites for hydroxylation is 1. The van der Waals surface area contributed by atoms with Crippen molar-refractivity contribution in [3.05, 3.63) is 53.3 Å². The van der Waals surface area contributed by atoms with Gasteiger partial charge in [0.15, 0.2) is 0 Å². The van der Waals surface area contributed by atoms with E-state index in [1.54, 1.807) is 6.92 Å². The number of likely N-dealkylation sites (N-methyl/N-ethyl adjacent to an activating group) is 1. The van der Waals surface area contributed by atoms with Crippen molar-refractivity contribution < 1.29 is 9.50 Å². The van der Waals surface area contributed by atoms with Crippen LogP contribution in [0.25, 0.3) is 22.2 Å². The highest BCUT2D eigenvalue weighted by Crippen LogP contribution is 2.35. The van der Waals surface area contributed by atoms with Crippen LogP contribution in [0.4, 0.5) is 4.39 Å². The molecule has 4 nitrogen and oxygen atoms in total. The Kier molecular flexibility index (Phi) is 4.32. The first-order valence-corrected chi connectivity index (χ1v) is 8.97. The molecule has 0 saturated carbocycles. The Morgan fingerprint density at radius 3 is 2.81 bits per heavy atom. The van der Waals surface area contributed by atoms with Gasteiger partial charge in [-0.3, -0.25) is 0 Å². The van der Waals surface area contributed by atoms with E-state index in [0.717, 1.165) is 36.5 Å². The number of aromatic hydroxyl groups is 1. The summed E-state index contributed by atoms with van der Waals surface area (Å²) in [5.41, 5.74) is 3.87. The zero-order valence-electron chi connectivity index (χ0n) is 15.0. The van der Waals surface area contributed by atoms with E-state index >= 15 is 0 Å². The normalized spacial score (nSPS) is 18.3. The van der Waals surface area contributed by atoms with Gasteiger partial charge in [0.25, 0.3) is 0 Å². The number of benzene rings is 2. The maximum absolute atomic E-state index is 13.5. The van der Waals surface area contributed by atoms with Crippen LogP contribution in [0.1, 0.15) is 29.9 Å². The van der Waals surface area contributed by atoms with Crippen molar-refractivity contribution in [1.29, 1.82) is 0 Å². The van der Waals surface area contributed by atoms with E-state index in [9.17, 15) is 9.50 Å². The molecule has 0 unspecified atom stereocenters. The maximum Gasteiger partial charge on any atom is 0.128 e. The minimum atomic E-state index is -0.457. The monoisotopic (exact) mass is 351 g/mol. The standard InChI is InChI=1S/C21H22FN3O/c1-13-9-16(22)11-19(26)20(13)18-10-14-5-3-7-17(21(14)24-23-18)15-6-4-8-25(2)12-15/h3,5,7,9-11,15,26H,4,6,8,12H2,1-2H3/t15-/m0/s1. The lowest BCUT2D eigenvalue weighted by Gasteiger charge is -2.30. The molecular weight excluding hydrogens is 329 g/mol. The number of aromatic nitrogens is 2. The topological polar surface area (TPSA) is 49.2 Å². The highest BCUT2D eigenvalue weighted by atomic mass is 19.1. The van der Waals surface area contributed by atoms with Gasteiger partial charge in [0, 0.05) is 23.6 Å². The highest BCUT2D eigenvalue weighted by Gasteiger charge is 2.22. The Labute approximate surface area is 152 Å². The first kappa shape index (κ1) is 16.9. The number of phenolic OH excluding ortho intramolecular Hbond substituents is 1. The smallest absolute Gasteiger partial charge is 0.128 e. The number of halogens is 1. The van der Waals surface area contributed by atoms with E-state index in [2.05, 4.69) is 34.3 Å². The number of hydrogen-bond donors (Lipinski definition) is 1. The number of nitrogens with zero attached hydrogens (tertiary/aromatic N) is 3. The summed E-state index contributed by atoms with van der Waals surface area (Å²) in [6.45, 7) is 3.93. The molecular formula is C21H22FN3O. The number of phenols is 1. The molecule has 3 aromatic rings. The highest BCUT2D eigenvalue weighted by molar-refractivity contribution is 5.86. The molecule has 0 bridgehead atoms. The molecule has 1 saturated heterocycles. The largest absolute Gasteiger partial charge is 0.507 e. The van der Waals surface area contributed by atoms with Gasteiger partial charge in [0.1, 0.15) is 11.6 Å². The fraction of sp³-hybridized carbons (Fsp3) is 0.333. The van der Waals surface area contributed by atoms with Crippen molar-refractivity contribution in [2.24, 2.45) is 0 Å². The summed E-state index contributed by atoms with van der Waals surface area (Å²) in [5.74, 6) is -0.110. The minimum Gasteiger partial charge on any atom is -0.507 e. The lowest BCUT2D eigenvalue weighted by molar-refractivity contribution is 0.251. The maximum atomic E-state index is 13.5. The summed E-state index contributed by atoms with van der Waals surface area (Å²) >= 11 is 0. The van der Waals surface area contributed by atoms with Crippen LogP contribution < -0.4 is 0 Å². The molecule has 1 aliphatic heterocycles. The number of hydrogen-bond acceptors (Lipinski definition) is 4. The van der Waals surface area contributed by atoms with E-state index in [4.69, 9.17) is 0 Å². The fourth-order valence-electron chi connectivity index (χ4n) is 4.02. The molecule has 1 N–H and O–H groups in total. The number of likely N-dealkylation sites (tertiary alicyclic amines) is 1. The zero-order valence-corrected chi connectivity index (χ0v) is 15.0. The van der Waals surface area contributed by atoms with Gasteiger partial charge in [-0.05, 0) is 62.5 Å². The Balaban J connectivity index is 1.80. The van der Waals surface area contributed by atoms with Crippen LogP contribution in [0.2, 0.25) is 0 Å². The molecule has 1 atom stereocenters. The van der Waals surface area contributed by atoms with E-state index < -0.39 is 5.82 Å². The minimum absolute atomic E-state index is 0.110. The molecule has 1 fully saturated rings. The SMILES string of the molecule is Cc1cc(F)cc(O)c1-c1cc2cccc([C@H]3CCCN(C)C3)c2nn1. The molecule has 0 amide bonds. The quantitative estimate of drug-likeness (QED) is 0.749. The number of rotatable bonds is 2. The van der Waals surface area contributed by atoms with Crippen molar-refractivity contribution in [2.45, 2.75) is 25.7 Å². The van der Waals surface area contributed by atoms with E-state index in [-0.39, 0.29) is 5.75 Å². The Bertz CT molecular complexity index is 950. The average molecular weight is 351 g/mol. The van der Waals surface area contributed by atoms with Gasteiger partial charge >= 0.3 is 0 Å². The summed E-state index contributed by atoms with van der Waals surface area (Å²) in [7, 11) is 2.15. The summed E-state index contributed by atoms with van der Waals surface area (Å²) in [5, 5.41) is 20.0. The van der Waals surface area contributed by atoms with Crippen LogP contribution in [0, 0.1) is 12.7 Å². The van der Waals surface area contributed by atoms with Gasteiger partial charge in [-0.2, -0.15) is 0 Å². The molecule has 5 heteroatoms. The summed E-state index contributed by atoms with van der Waals surface area (Å²) in [6, 6.07) is 10.6. The fourth-order valence-corrected chi connectivity index (χ4v) is 4.02. The second kappa shape index (κ2) is 6.65. The van der Waals surface area contributed by atoms with Crippen LogP contribution in [0.15, 0.2) is 36.4 Å². The first-order valence-electron chi connectivity index (χ1n) is 8.97. The third-order valence-electron chi connectivity index (χ3n) is 5.25. The molecule has 1 aromatic heterocycles. The second-order valence-electron chi connectivity index (χ2n) is 7.23. The van der Waals surface area contributed by atoms with Gasteiger partial charge in [0.2, 0.25) is 0 Å². The van der Waals surface area contributed by atoms with Gasteiger partial charge in [0.05, 0.1) is 11.2 Å². The number of fused-ring (bicyclic) bond motifs is 1. The molecule has 26 heavy (non-hydrogen) atoms. The van der Waals surface area contributed by atoms with Gasteiger partial charge in [-0.1, -0.05) is 18.2 Å². The lowest BCUT2D eigenvalue weighted by atomic mass is 9.89. The predicted molar refractivity (Wildman–Crippen MR) is 101 cm³/mol. The molecule has 2 aromatic carbocycles. The molecule has 4 rings (SSSR count). The van der Waals surface area contributed by atoms with E-state index in [1.807, 2.05) is 12.1 Å². The van der Waals surface area contributed by atoms with Gasteiger partial charge in [-0.25, -0.2) is 4.39 Å². The molecule has 0 radical (unpaired) electrons. The summed E-state index contributed by atoms with van der Waals surface area (Å²) < 4.78 is 13.5. The van der Waals surface area contributed by atoms with Crippen LogP contribution >= 0.6 is 0 Å². The Morgan fingerprint density at radius 1 is 1.19 bits per heavy atom. The summed E-state index contributed by atoms with van der Waals surface area (Å²) in [6.07, 6.45) is 2.34. The first-order chi connectivity index (χ1) is 12.5. The Morgan fingerprint density at radius 2 is 2.04 bits per heavy atom. The van der Waals surface area contributed by atoms with Crippen molar-refractivity contribution in [3.63, 3.8) is 0 Å². The molecule has 134 valence electrons. The Hall–Kier alpha value is -2.53. The average Bonchev–Trinajstić information content (AvgIpc) is 2.60. The zero-order chi connectivity index (χ0) is 18.3. The second-order valence-corrected chi connectivity index (χ2v) is 7.23. The van der Waals surface area contributed by atoms with E-state index in [0.29, 0.717) is 22.7 Å². The predicted octanol–water partition coefficient (Wildman–Crippen LogP) is 4.26. The van der Waals surface area contributed by atoms with Crippen molar-refractivity contribution in [1.82, 2.24) is 15.1 Å². The molecule has 0 spiro atoms. The molecule has 2 heterocycles. The van der Waals surface area contributed by atoms with Crippen LogP contribution in [-0.2, 0) is 0 Å². The van der Waals surface area contributed by atoms with E-state index in [1.165, 1.54) is 18.1 Å². The van der Waals surface area contributed by atoms with Crippen LogP contribution in [0.3, 0.4) is 0 Å². The summed E-state index contributed by atoms with van der Waals surface area (Å²) in [4.78, 5) is 2.36. The molecule has 1 aliphatic rings. The van der Waals surface area contributed by atoms with Crippen molar-refractivity contribution in [2.75, 3.05) is 20.1 Å². The third-order valence-corrected chi connectivity index (χ3v) is 5.25.